The zero-order valence-electron chi connectivity index (χ0n) is 24.4. The lowest BCUT2D eigenvalue weighted by molar-refractivity contribution is -0.137. The molecule has 0 spiro atoms. The first-order valence-electron chi connectivity index (χ1n) is 14.6. The predicted molar refractivity (Wildman–Crippen MR) is 162 cm³/mol. The van der Waals surface area contributed by atoms with E-state index in [1.807, 2.05) is 106 Å². The number of nitrogens with one attached hydrogen (secondary N) is 2. The van der Waals surface area contributed by atoms with Gasteiger partial charge in [0.15, 0.2) is 0 Å². The van der Waals surface area contributed by atoms with Gasteiger partial charge >= 0.3 is 6.03 Å². The Hall–Kier alpha value is -4.59. The average molecular weight is 567 g/mol. The molecule has 0 saturated carbocycles. The summed E-state index contributed by atoms with van der Waals surface area (Å²) in [6, 6.07) is 25.3. The van der Waals surface area contributed by atoms with Crippen molar-refractivity contribution in [2.24, 2.45) is 5.92 Å². The first kappa shape index (κ1) is 28.9. The van der Waals surface area contributed by atoms with Gasteiger partial charge in [-0.05, 0) is 61.1 Å². The second-order valence-corrected chi connectivity index (χ2v) is 11.1. The van der Waals surface area contributed by atoms with Gasteiger partial charge < -0.3 is 20.3 Å². The molecule has 0 unspecified atom stereocenters. The number of ether oxygens (including phenoxy) is 1. The van der Waals surface area contributed by atoms with E-state index in [4.69, 9.17) is 4.74 Å². The minimum absolute atomic E-state index is 0.176. The summed E-state index contributed by atoms with van der Waals surface area (Å²) in [4.78, 5) is 44.2. The molecule has 8 nitrogen and oxygen atoms in total. The minimum atomic E-state index is -0.659. The lowest BCUT2D eigenvalue weighted by Crippen LogP contribution is -2.49. The van der Waals surface area contributed by atoms with Gasteiger partial charge in [0.1, 0.15) is 17.5 Å². The highest BCUT2D eigenvalue weighted by atomic mass is 16.5. The van der Waals surface area contributed by atoms with Gasteiger partial charge in [0, 0.05) is 13.1 Å². The van der Waals surface area contributed by atoms with E-state index >= 15 is 0 Å². The van der Waals surface area contributed by atoms with Crippen LogP contribution in [0.15, 0.2) is 96.2 Å². The van der Waals surface area contributed by atoms with Crippen LogP contribution in [0.3, 0.4) is 0 Å². The SMILES string of the molecule is CCN1C(=O)N[C@H](c2cccc(Oc3ccccc3)c2)C2=C1CN([C@@H](CC(C)C)C(=O)NCCc1ccccc1)C2=O. The second-order valence-electron chi connectivity index (χ2n) is 11.1. The number of hydrogen-bond acceptors (Lipinski definition) is 4. The van der Waals surface area contributed by atoms with Crippen LogP contribution in [-0.2, 0) is 16.0 Å². The fourth-order valence-electron chi connectivity index (χ4n) is 5.65. The summed E-state index contributed by atoms with van der Waals surface area (Å²) in [7, 11) is 0. The van der Waals surface area contributed by atoms with Crippen LogP contribution >= 0.6 is 0 Å². The smallest absolute Gasteiger partial charge is 0.322 e. The molecule has 2 aliphatic heterocycles. The summed E-state index contributed by atoms with van der Waals surface area (Å²) >= 11 is 0. The lowest BCUT2D eigenvalue weighted by Gasteiger charge is -2.33. The van der Waals surface area contributed by atoms with Crippen LogP contribution in [0.1, 0.15) is 44.4 Å². The van der Waals surface area contributed by atoms with E-state index in [2.05, 4.69) is 10.6 Å². The molecule has 2 heterocycles. The van der Waals surface area contributed by atoms with Crippen molar-refractivity contribution in [3.05, 3.63) is 107 Å². The molecule has 0 radical (unpaired) electrons. The van der Waals surface area contributed by atoms with Crippen LogP contribution in [-0.4, -0.2) is 53.3 Å². The zero-order valence-corrected chi connectivity index (χ0v) is 24.4. The minimum Gasteiger partial charge on any atom is -0.457 e. The Morgan fingerprint density at radius 3 is 2.36 bits per heavy atom. The van der Waals surface area contributed by atoms with Crippen LogP contribution in [0.25, 0.3) is 0 Å². The van der Waals surface area contributed by atoms with Crippen molar-refractivity contribution in [2.75, 3.05) is 19.6 Å². The number of urea groups is 1. The molecule has 0 fully saturated rings. The van der Waals surface area contributed by atoms with Gasteiger partial charge in [-0.15, -0.1) is 0 Å². The lowest BCUT2D eigenvalue weighted by atomic mass is 9.95. The number of amides is 4. The number of nitrogens with zero attached hydrogens (tertiary/aromatic N) is 2. The van der Waals surface area contributed by atoms with Gasteiger partial charge in [-0.25, -0.2) is 4.79 Å². The highest BCUT2D eigenvalue weighted by molar-refractivity contribution is 6.03. The van der Waals surface area contributed by atoms with E-state index in [-0.39, 0.29) is 30.3 Å². The van der Waals surface area contributed by atoms with Gasteiger partial charge in [-0.3, -0.25) is 14.5 Å². The maximum atomic E-state index is 14.2. The normalized spacial score (nSPS) is 17.3. The fraction of sp³-hybridized carbons (Fsp3) is 0.324. The maximum absolute atomic E-state index is 14.2. The molecule has 8 heteroatoms. The third-order valence-corrected chi connectivity index (χ3v) is 7.67. The summed E-state index contributed by atoms with van der Waals surface area (Å²) in [5.41, 5.74) is 3.02. The zero-order chi connectivity index (χ0) is 29.6. The summed E-state index contributed by atoms with van der Waals surface area (Å²) < 4.78 is 6.03. The number of carbonyl (C=O) groups is 3. The van der Waals surface area contributed by atoms with Crippen LogP contribution in [0.4, 0.5) is 4.79 Å². The summed E-state index contributed by atoms with van der Waals surface area (Å²) in [6.45, 7) is 7.06. The molecule has 0 aromatic heterocycles. The van der Waals surface area contributed by atoms with Crippen molar-refractivity contribution in [2.45, 2.75) is 45.7 Å². The quantitative estimate of drug-likeness (QED) is 0.324. The molecule has 2 aliphatic rings. The highest BCUT2D eigenvalue weighted by Gasteiger charge is 2.46. The molecule has 4 amide bonds. The number of likely N-dealkylation sites (N-methyl/N-ethyl adjacent to an activating group) is 1. The van der Waals surface area contributed by atoms with Gasteiger partial charge in [-0.1, -0.05) is 74.5 Å². The topological polar surface area (TPSA) is 91.0 Å². The molecule has 42 heavy (non-hydrogen) atoms. The molecule has 218 valence electrons. The van der Waals surface area contributed by atoms with Gasteiger partial charge in [0.05, 0.1) is 23.9 Å². The van der Waals surface area contributed by atoms with E-state index in [1.54, 1.807) is 9.80 Å². The molecule has 3 aromatic carbocycles. The maximum Gasteiger partial charge on any atom is 0.322 e. The van der Waals surface area contributed by atoms with E-state index in [0.717, 1.165) is 11.1 Å². The van der Waals surface area contributed by atoms with Crippen molar-refractivity contribution < 1.29 is 19.1 Å². The molecule has 2 N–H and O–H groups in total. The second kappa shape index (κ2) is 12.9. The van der Waals surface area contributed by atoms with Crippen molar-refractivity contribution in [1.29, 1.82) is 0 Å². The van der Waals surface area contributed by atoms with Crippen molar-refractivity contribution in [3.8, 4) is 11.5 Å². The number of carbonyl (C=O) groups excluding carboxylic acids is 3. The van der Waals surface area contributed by atoms with Crippen molar-refractivity contribution in [1.82, 2.24) is 20.4 Å². The van der Waals surface area contributed by atoms with E-state index in [1.165, 1.54) is 0 Å². The Labute approximate surface area is 247 Å². The summed E-state index contributed by atoms with van der Waals surface area (Å²) in [5, 5.41) is 6.09. The first-order chi connectivity index (χ1) is 20.4. The Kier molecular flexibility index (Phi) is 8.91. The van der Waals surface area contributed by atoms with Gasteiger partial charge in [0.2, 0.25) is 5.91 Å². The fourth-order valence-corrected chi connectivity index (χ4v) is 5.65. The number of para-hydroxylation sites is 1. The Balaban J connectivity index is 1.39. The van der Waals surface area contributed by atoms with Crippen LogP contribution in [0.2, 0.25) is 0 Å². The first-order valence-corrected chi connectivity index (χ1v) is 14.6. The molecule has 0 bridgehead atoms. The standard InChI is InChI=1S/C34H38N4O4/c1-4-37-29-22-38(28(20-23(2)3)32(39)35-19-18-24-12-7-5-8-13-24)33(40)30(29)31(36-34(37)41)25-14-11-17-27(21-25)42-26-15-9-6-10-16-26/h5-17,21,23,28,31H,4,18-20,22H2,1-3H3,(H,35,39)(H,36,41)/t28-,31+/m0/s1. The third kappa shape index (κ3) is 6.33. The highest BCUT2D eigenvalue weighted by Crippen LogP contribution is 2.38. The predicted octanol–water partition coefficient (Wildman–Crippen LogP) is 5.44. The van der Waals surface area contributed by atoms with Gasteiger partial charge in [0.25, 0.3) is 5.91 Å². The molecule has 2 atom stereocenters. The van der Waals surface area contributed by atoms with Crippen LogP contribution in [0, 0.1) is 5.92 Å². The molecular formula is C34H38N4O4. The monoisotopic (exact) mass is 566 g/mol. The largest absolute Gasteiger partial charge is 0.457 e. The molecule has 0 saturated heterocycles. The third-order valence-electron chi connectivity index (χ3n) is 7.67. The van der Waals surface area contributed by atoms with Crippen LogP contribution < -0.4 is 15.4 Å². The van der Waals surface area contributed by atoms with Gasteiger partial charge in [-0.2, -0.15) is 0 Å². The van der Waals surface area contributed by atoms with E-state index in [0.29, 0.717) is 48.7 Å². The molecule has 0 aliphatic carbocycles. The number of rotatable bonds is 11. The molecule has 5 rings (SSSR count). The summed E-state index contributed by atoms with van der Waals surface area (Å²) in [5.74, 6) is 1.07. The Morgan fingerprint density at radius 2 is 1.67 bits per heavy atom. The summed E-state index contributed by atoms with van der Waals surface area (Å²) in [6.07, 6.45) is 1.22. The van der Waals surface area contributed by atoms with Crippen molar-refractivity contribution in [3.63, 3.8) is 0 Å². The molecular weight excluding hydrogens is 528 g/mol. The number of benzene rings is 3. The van der Waals surface area contributed by atoms with Crippen LogP contribution in [0.5, 0.6) is 11.5 Å². The van der Waals surface area contributed by atoms with Crippen molar-refractivity contribution >= 4 is 17.8 Å². The Bertz CT molecular complexity index is 1450. The average Bonchev–Trinajstić information content (AvgIpc) is 3.33. The number of hydrogen-bond donors (Lipinski definition) is 2. The van der Waals surface area contributed by atoms with E-state index in [9.17, 15) is 14.4 Å². The molecule has 3 aromatic rings. The van der Waals surface area contributed by atoms with E-state index < -0.39 is 12.1 Å². The Morgan fingerprint density at radius 1 is 0.976 bits per heavy atom.